The van der Waals surface area contributed by atoms with Crippen LogP contribution in [0.15, 0.2) is 27.6 Å². The zero-order chi connectivity index (χ0) is 14.7. The summed E-state index contributed by atoms with van der Waals surface area (Å²) in [5.74, 6) is -1.23. The third kappa shape index (κ3) is 3.31. The summed E-state index contributed by atoms with van der Waals surface area (Å²) < 4.78 is 0.486. The van der Waals surface area contributed by atoms with E-state index in [9.17, 15) is 14.4 Å². The van der Waals surface area contributed by atoms with Crippen LogP contribution in [-0.4, -0.2) is 46.8 Å². The fourth-order valence-electron chi connectivity index (χ4n) is 1.69. The van der Waals surface area contributed by atoms with E-state index in [1.807, 2.05) is 0 Å². The van der Waals surface area contributed by atoms with Crippen molar-refractivity contribution in [3.63, 3.8) is 0 Å². The zero-order valence-electron chi connectivity index (χ0n) is 10.3. The van der Waals surface area contributed by atoms with Crippen LogP contribution in [0, 0.1) is 0 Å². The number of imide groups is 1. The highest BCUT2D eigenvalue weighted by Gasteiger charge is 2.25. The van der Waals surface area contributed by atoms with Crippen molar-refractivity contribution in [3.05, 3.63) is 28.2 Å². The lowest BCUT2D eigenvalue weighted by Gasteiger charge is -2.11. The van der Waals surface area contributed by atoms with Crippen LogP contribution in [-0.2, 0) is 4.79 Å². The number of urea groups is 1. The molecule has 0 aromatic heterocycles. The van der Waals surface area contributed by atoms with Gasteiger partial charge in [-0.3, -0.25) is 9.69 Å². The molecule has 0 atom stereocenters. The lowest BCUT2D eigenvalue weighted by molar-refractivity contribution is -0.124. The summed E-state index contributed by atoms with van der Waals surface area (Å²) in [5, 5.41) is 11.6. The predicted octanol–water partition coefficient (Wildman–Crippen LogP) is 1.79. The van der Waals surface area contributed by atoms with Crippen molar-refractivity contribution >= 4 is 45.6 Å². The van der Waals surface area contributed by atoms with Crippen molar-refractivity contribution in [1.29, 1.82) is 0 Å². The number of thioether (sulfide) groups is 1. The summed E-state index contributed by atoms with van der Waals surface area (Å²) in [6.07, 6.45) is 0. The minimum Gasteiger partial charge on any atom is -0.478 e. The molecule has 1 aromatic rings. The Hall–Kier alpha value is -1.54. The van der Waals surface area contributed by atoms with Crippen molar-refractivity contribution in [2.45, 2.75) is 4.90 Å². The number of carbonyl (C=O) groups is 3. The average molecular weight is 359 g/mol. The molecule has 0 bridgehead atoms. The lowest BCUT2D eigenvalue weighted by atomic mass is 10.2. The molecule has 2 N–H and O–H groups in total. The van der Waals surface area contributed by atoms with Gasteiger partial charge in [0.05, 0.1) is 11.3 Å². The standard InChI is InChI=1S/C12H11BrN2O4S/c13-9-2-1-7(5-8(9)11(17)18)20-6-10(16)15-4-3-14-12(15)19/h1-2,5H,3-4,6H2,(H,14,19)(H,17,18). The van der Waals surface area contributed by atoms with Crippen LogP contribution in [0.4, 0.5) is 4.79 Å². The van der Waals surface area contributed by atoms with Crippen LogP contribution in [0.5, 0.6) is 0 Å². The number of nitrogens with zero attached hydrogens (tertiary/aromatic N) is 1. The Labute approximate surface area is 127 Å². The van der Waals surface area contributed by atoms with E-state index in [1.54, 1.807) is 12.1 Å². The first kappa shape index (κ1) is 14.9. The monoisotopic (exact) mass is 358 g/mol. The maximum atomic E-state index is 11.8. The molecule has 106 valence electrons. The van der Waals surface area contributed by atoms with Crippen LogP contribution in [0.3, 0.4) is 0 Å². The number of amides is 3. The molecule has 3 amide bonds. The number of nitrogens with one attached hydrogen (secondary N) is 1. The Balaban J connectivity index is 2.00. The van der Waals surface area contributed by atoms with E-state index in [-0.39, 0.29) is 23.3 Å². The summed E-state index contributed by atoms with van der Waals surface area (Å²) >= 11 is 4.36. The van der Waals surface area contributed by atoms with E-state index >= 15 is 0 Å². The summed E-state index contributed by atoms with van der Waals surface area (Å²) in [6.45, 7) is 0.843. The smallest absolute Gasteiger partial charge is 0.336 e. The van der Waals surface area contributed by atoms with E-state index in [0.717, 1.165) is 4.90 Å². The molecule has 1 saturated heterocycles. The van der Waals surface area contributed by atoms with E-state index in [0.29, 0.717) is 22.5 Å². The number of halogens is 1. The average Bonchev–Trinajstić information content (AvgIpc) is 2.83. The van der Waals surface area contributed by atoms with E-state index in [1.165, 1.54) is 17.8 Å². The molecule has 0 saturated carbocycles. The van der Waals surface area contributed by atoms with E-state index in [2.05, 4.69) is 21.2 Å². The highest BCUT2D eigenvalue weighted by atomic mass is 79.9. The van der Waals surface area contributed by atoms with E-state index < -0.39 is 5.97 Å². The van der Waals surface area contributed by atoms with Gasteiger partial charge >= 0.3 is 12.0 Å². The van der Waals surface area contributed by atoms with Crippen LogP contribution in [0.1, 0.15) is 10.4 Å². The molecule has 0 spiro atoms. The Kier molecular flexibility index (Phi) is 4.66. The van der Waals surface area contributed by atoms with Crippen molar-refractivity contribution in [2.24, 2.45) is 0 Å². The first-order chi connectivity index (χ1) is 9.49. The van der Waals surface area contributed by atoms with Gasteiger partial charge in [0.15, 0.2) is 0 Å². The SMILES string of the molecule is O=C(O)c1cc(SCC(=O)N2CCNC2=O)ccc1Br. The van der Waals surface area contributed by atoms with Crippen molar-refractivity contribution in [3.8, 4) is 0 Å². The van der Waals surface area contributed by atoms with Crippen molar-refractivity contribution < 1.29 is 19.5 Å². The topological polar surface area (TPSA) is 86.7 Å². The number of benzene rings is 1. The number of carbonyl (C=O) groups excluding carboxylic acids is 2. The zero-order valence-corrected chi connectivity index (χ0v) is 12.7. The Morgan fingerprint density at radius 1 is 1.45 bits per heavy atom. The minimum atomic E-state index is -1.04. The number of carboxylic acid groups (broad SMARTS) is 1. The summed E-state index contributed by atoms with van der Waals surface area (Å²) in [5.41, 5.74) is 0.140. The molecule has 8 heteroatoms. The maximum absolute atomic E-state index is 11.8. The van der Waals surface area contributed by atoms with E-state index in [4.69, 9.17) is 5.11 Å². The van der Waals surface area contributed by atoms with Gasteiger partial charge in [0.2, 0.25) is 5.91 Å². The third-order valence-corrected chi connectivity index (χ3v) is 4.36. The molecule has 1 aliphatic rings. The summed E-state index contributed by atoms with van der Waals surface area (Å²) in [6, 6.07) is 4.46. The van der Waals surface area contributed by atoms with Gasteiger partial charge in [-0.05, 0) is 34.1 Å². The Bertz CT molecular complexity index is 579. The van der Waals surface area contributed by atoms with Gasteiger partial charge in [-0.1, -0.05) is 0 Å². The molecule has 6 nitrogen and oxygen atoms in total. The first-order valence-electron chi connectivity index (χ1n) is 5.73. The second kappa shape index (κ2) is 6.27. The predicted molar refractivity (Wildman–Crippen MR) is 76.9 cm³/mol. The number of aromatic carboxylic acids is 1. The molecule has 1 fully saturated rings. The molecule has 0 unspecified atom stereocenters. The highest BCUT2D eigenvalue weighted by Crippen LogP contribution is 2.25. The molecular formula is C12H11BrN2O4S. The lowest BCUT2D eigenvalue weighted by Crippen LogP contribution is -2.35. The number of rotatable bonds is 4. The number of carboxylic acids is 1. The van der Waals surface area contributed by atoms with Gasteiger partial charge in [0.25, 0.3) is 0 Å². The second-order valence-electron chi connectivity index (χ2n) is 4.01. The van der Waals surface area contributed by atoms with Gasteiger partial charge in [-0.15, -0.1) is 11.8 Å². The third-order valence-electron chi connectivity index (χ3n) is 2.69. The van der Waals surface area contributed by atoms with Crippen LogP contribution in [0.2, 0.25) is 0 Å². The highest BCUT2D eigenvalue weighted by molar-refractivity contribution is 9.10. The number of hydrogen-bond donors (Lipinski definition) is 2. The van der Waals surface area contributed by atoms with Gasteiger partial charge in [-0.2, -0.15) is 0 Å². The molecule has 1 heterocycles. The molecule has 2 rings (SSSR count). The van der Waals surface area contributed by atoms with Gasteiger partial charge < -0.3 is 10.4 Å². The van der Waals surface area contributed by atoms with Crippen LogP contribution < -0.4 is 5.32 Å². The van der Waals surface area contributed by atoms with Crippen LogP contribution >= 0.6 is 27.7 Å². The first-order valence-corrected chi connectivity index (χ1v) is 7.50. The molecule has 1 aromatic carbocycles. The Morgan fingerprint density at radius 2 is 2.20 bits per heavy atom. The van der Waals surface area contributed by atoms with Gasteiger partial charge in [0.1, 0.15) is 0 Å². The van der Waals surface area contributed by atoms with Crippen molar-refractivity contribution in [1.82, 2.24) is 10.2 Å². The molecule has 1 aliphatic heterocycles. The fraction of sp³-hybridized carbons (Fsp3) is 0.250. The van der Waals surface area contributed by atoms with Gasteiger partial charge in [-0.25, -0.2) is 9.59 Å². The Morgan fingerprint density at radius 3 is 2.80 bits per heavy atom. The molecular weight excluding hydrogens is 348 g/mol. The molecule has 0 radical (unpaired) electrons. The largest absolute Gasteiger partial charge is 0.478 e. The number of hydrogen-bond acceptors (Lipinski definition) is 4. The maximum Gasteiger partial charge on any atom is 0.336 e. The fourth-order valence-corrected chi connectivity index (χ4v) is 2.92. The van der Waals surface area contributed by atoms with Gasteiger partial charge in [0, 0.05) is 22.5 Å². The van der Waals surface area contributed by atoms with Crippen molar-refractivity contribution in [2.75, 3.05) is 18.8 Å². The normalized spacial score (nSPS) is 14.2. The van der Waals surface area contributed by atoms with Crippen LogP contribution in [0.25, 0.3) is 0 Å². The second-order valence-corrected chi connectivity index (χ2v) is 5.92. The quantitative estimate of drug-likeness (QED) is 0.801. The summed E-state index contributed by atoms with van der Waals surface area (Å²) in [4.78, 5) is 36.0. The minimum absolute atomic E-state index is 0.0914. The summed E-state index contributed by atoms with van der Waals surface area (Å²) in [7, 11) is 0. The molecule has 20 heavy (non-hydrogen) atoms. The molecule has 0 aliphatic carbocycles.